The highest BCUT2D eigenvalue weighted by Gasteiger charge is 2.27. The molecular formula is C33H41Cl2FN8O2. The summed E-state index contributed by atoms with van der Waals surface area (Å²) >= 11 is 13.4. The molecule has 2 heterocycles. The molecular weight excluding hydrogens is 630 g/mol. The SMILES string of the molecule is Cc1nc(CN(C)c2cc3c(cc2C(=O)NC2CCC(C)CC2)nc(Cc2c(Cl)ccc(CNC(=O)C(C)(C)F)c2Cl)n3C)n[nH]1. The minimum absolute atomic E-state index is 0.0518. The van der Waals surface area contributed by atoms with Crippen molar-refractivity contribution in [3.63, 3.8) is 0 Å². The number of halogens is 3. The van der Waals surface area contributed by atoms with Crippen molar-refractivity contribution in [2.24, 2.45) is 13.0 Å². The molecule has 10 nitrogen and oxygen atoms in total. The zero-order chi connectivity index (χ0) is 33.3. The van der Waals surface area contributed by atoms with Crippen LogP contribution in [0, 0.1) is 12.8 Å². The molecule has 0 bridgehead atoms. The zero-order valence-corrected chi connectivity index (χ0v) is 28.6. The van der Waals surface area contributed by atoms with E-state index in [1.54, 1.807) is 12.1 Å². The van der Waals surface area contributed by atoms with E-state index in [-0.39, 0.29) is 18.5 Å². The van der Waals surface area contributed by atoms with E-state index in [1.807, 2.05) is 42.6 Å². The Morgan fingerprint density at radius 1 is 1.15 bits per heavy atom. The maximum atomic E-state index is 14.0. The second-order valence-corrected chi connectivity index (χ2v) is 13.7. The quantitative estimate of drug-likeness (QED) is 0.185. The number of imidazole rings is 1. The number of rotatable bonds is 10. The smallest absolute Gasteiger partial charge is 0.257 e. The lowest BCUT2D eigenvalue weighted by Gasteiger charge is -2.28. The largest absolute Gasteiger partial charge is 0.366 e. The Balaban J connectivity index is 1.48. The van der Waals surface area contributed by atoms with E-state index in [0.717, 1.165) is 42.7 Å². The summed E-state index contributed by atoms with van der Waals surface area (Å²) in [7, 11) is 3.82. The minimum atomic E-state index is -2.01. The molecule has 1 fully saturated rings. The second-order valence-electron chi connectivity index (χ2n) is 12.9. The van der Waals surface area contributed by atoms with Crippen molar-refractivity contribution >= 4 is 51.7 Å². The van der Waals surface area contributed by atoms with Crippen LogP contribution in [0.25, 0.3) is 11.0 Å². The first-order chi connectivity index (χ1) is 21.7. The third-order valence-electron chi connectivity index (χ3n) is 8.70. The minimum Gasteiger partial charge on any atom is -0.366 e. The number of carbonyl (C=O) groups is 2. The van der Waals surface area contributed by atoms with E-state index in [9.17, 15) is 14.0 Å². The van der Waals surface area contributed by atoms with Crippen molar-refractivity contribution in [3.05, 3.63) is 68.5 Å². The third-order valence-corrected chi connectivity index (χ3v) is 9.53. The van der Waals surface area contributed by atoms with Crippen LogP contribution in [-0.2, 0) is 31.4 Å². The van der Waals surface area contributed by atoms with Gasteiger partial charge in [0.1, 0.15) is 11.6 Å². The number of aryl methyl sites for hydroxylation is 2. The fourth-order valence-electron chi connectivity index (χ4n) is 5.85. The first-order valence-corrected chi connectivity index (χ1v) is 16.3. The number of carbonyl (C=O) groups excluding carboxylic acids is 2. The molecule has 2 aromatic heterocycles. The van der Waals surface area contributed by atoms with Crippen molar-refractivity contribution in [1.29, 1.82) is 0 Å². The van der Waals surface area contributed by atoms with Crippen LogP contribution in [0.4, 0.5) is 10.1 Å². The number of amides is 2. The average Bonchev–Trinajstić information content (AvgIpc) is 3.55. The molecule has 0 aliphatic heterocycles. The summed E-state index contributed by atoms with van der Waals surface area (Å²) < 4.78 is 16.0. The number of hydrogen-bond acceptors (Lipinski definition) is 6. The highest BCUT2D eigenvalue weighted by atomic mass is 35.5. The van der Waals surface area contributed by atoms with Gasteiger partial charge in [-0.05, 0) is 81.7 Å². The third kappa shape index (κ3) is 7.47. The molecule has 0 radical (unpaired) electrons. The number of nitrogens with zero attached hydrogens (tertiary/aromatic N) is 5. The summed E-state index contributed by atoms with van der Waals surface area (Å²) in [6.45, 7) is 6.95. The summed E-state index contributed by atoms with van der Waals surface area (Å²) in [4.78, 5) is 37.2. The van der Waals surface area contributed by atoms with E-state index < -0.39 is 11.6 Å². The lowest BCUT2D eigenvalue weighted by atomic mass is 9.87. The van der Waals surface area contributed by atoms with Gasteiger partial charge in [0.25, 0.3) is 11.8 Å². The Morgan fingerprint density at radius 2 is 1.87 bits per heavy atom. The Morgan fingerprint density at radius 3 is 2.52 bits per heavy atom. The summed E-state index contributed by atoms with van der Waals surface area (Å²) in [5, 5.41) is 13.8. The molecule has 1 saturated carbocycles. The second kappa shape index (κ2) is 13.6. The summed E-state index contributed by atoms with van der Waals surface area (Å²) in [6.07, 6.45) is 4.40. The van der Waals surface area contributed by atoms with E-state index in [4.69, 9.17) is 28.2 Å². The normalized spacial score (nSPS) is 16.9. The fourth-order valence-corrected chi connectivity index (χ4v) is 6.42. The monoisotopic (exact) mass is 670 g/mol. The lowest BCUT2D eigenvalue weighted by Crippen LogP contribution is -2.38. The van der Waals surface area contributed by atoms with Crippen molar-refractivity contribution in [2.75, 3.05) is 11.9 Å². The molecule has 3 N–H and O–H groups in total. The highest BCUT2D eigenvalue weighted by Crippen LogP contribution is 2.33. The van der Waals surface area contributed by atoms with Gasteiger partial charge in [0.2, 0.25) is 0 Å². The van der Waals surface area contributed by atoms with Gasteiger partial charge in [-0.25, -0.2) is 14.4 Å². The van der Waals surface area contributed by atoms with Gasteiger partial charge < -0.3 is 20.1 Å². The number of H-pyrrole nitrogens is 1. The maximum absolute atomic E-state index is 14.0. The first-order valence-electron chi connectivity index (χ1n) is 15.5. The van der Waals surface area contributed by atoms with Crippen LogP contribution in [0.2, 0.25) is 10.0 Å². The molecule has 1 aliphatic rings. The van der Waals surface area contributed by atoms with Gasteiger partial charge in [0.05, 0.1) is 33.9 Å². The molecule has 1 aliphatic carbocycles. The van der Waals surface area contributed by atoms with Gasteiger partial charge >= 0.3 is 0 Å². The Labute approximate surface area is 278 Å². The van der Waals surface area contributed by atoms with Crippen LogP contribution < -0.4 is 15.5 Å². The van der Waals surface area contributed by atoms with Crippen LogP contribution in [0.1, 0.15) is 85.4 Å². The molecule has 2 aromatic carbocycles. The first kappa shape index (κ1) is 33.7. The highest BCUT2D eigenvalue weighted by molar-refractivity contribution is 6.36. The Bertz CT molecular complexity index is 1750. The number of hydrogen-bond donors (Lipinski definition) is 3. The predicted molar refractivity (Wildman–Crippen MR) is 179 cm³/mol. The number of nitrogens with one attached hydrogen (secondary N) is 3. The van der Waals surface area contributed by atoms with E-state index >= 15 is 0 Å². The Hall–Kier alpha value is -3.70. The zero-order valence-electron chi connectivity index (χ0n) is 27.1. The number of anilines is 1. The molecule has 0 spiro atoms. The molecule has 13 heteroatoms. The summed E-state index contributed by atoms with van der Waals surface area (Å²) in [6, 6.07) is 7.36. The van der Waals surface area contributed by atoms with E-state index in [2.05, 4.69) is 32.7 Å². The molecule has 5 rings (SSSR count). The van der Waals surface area contributed by atoms with Gasteiger partial charge in [-0.1, -0.05) is 36.2 Å². The molecule has 46 heavy (non-hydrogen) atoms. The number of alkyl halides is 1. The van der Waals surface area contributed by atoms with Gasteiger partial charge in [0.15, 0.2) is 11.5 Å². The van der Waals surface area contributed by atoms with Crippen LogP contribution in [0.3, 0.4) is 0 Å². The van der Waals surface area contributed by atoms with Crippen LogP contribution in [0.15, 0.2) is 24.3 Å². The number of aromatic nitrogens is 5. The van der Waals surface area contributed by atoms with Crippen molar-refractivity contribution in [1.82, 2.24) is 35.4 Å². The van der Waals surface area contributed by atoms with E-state index in [1.165, 1.54) is 13.8 Å². The fraction of sp³-hybridized carbons (Fsp3) is 0.485. The van der Waals surface area contributed by atoms with Crippen molar-refractivity contribution in [2.45, 2.75) is 84.6 Å². The van der Waals surface area contributed by atoms with E-state index in [0.29, 0.717) is 62.8 Å². The standard InChI is InChI=1S/C33H41Cl2FN8O2/c1-18-7-10-21(11-8-18)39-31(45)23-13-25-27(15-26(23)43(5)17-28-38-19(2)41-42-28)44(6)29(40-25)14-22-24(34)12-9-20(30(22)35)16-37-32(46)33(3,4)36/h9,12-13,15,18,21H,7-8,10-11,14,16-17H2,1-6H3,(H,37,46)(H,39,45)(H,38,41,42). The van der Waals surface area contributed by atoms with Gasteiger partial charge in [-0.15, -0.1) is 0 Å². The molecule has 4 aromatic rings. The van der Waals surface area contributed by atoms with Gasteiger partial charge in [-0.3, -0.25) is 14.7 Å². The molecule has 2 amide bonds. The van der Waals surface area contributed by atoms with Gasteiger partial charge in [-0.2, -0.15) is 5.10 Å². The Kier molecular flexibility index (Phi) is 9.93. The van der Waals surface area contributed by atoms with Crippen LogP contribution >= 0.6 is 23.2 Å². The summed E-state index contributed by atoms with van der Waals surface area (Å²) in [5.74, 6) is 1.82. The molecule has 0 unspecified atom stereocenters. The van der Waals surface area contributed by atoms with Crippen molar-refractivity contribution in [3.8, 4) is 0 Å². The topological polar surface area (TPSA) is 121 Å². The maximum Gasteiger partial charge on any atom is 0.257 e. The van der Waals surface area contributed by atoms with Crippen molar-refractivity contribution < 1.29 is 14.0 Å². The predicted octanol–water partition coefficient (Wildman–Crippen LogP) is 6.21. The molecule has 0 saturated heterocycles. The molecule has 246 valence electrons. The number of benzene rings is 2. The van der Waals surface area contributed by atoms with Crippen LogP contribution in [-0.4, -0.2) is 55.3 Å². The average molecular weight is 672 g/mol. The number of fused-ring (bicyclic) bond motifs is 1. The van der Waals surface area contributed by atoms with Crippen LogP contribution in [0.5, 0.6) is 0 Å². The lowest BCUT2D eigenvalue weighted by molar-refractivity contribution is -0.130. The van der Waals surface area contributed by atoms with Gasteiger partial charge in [0, 0.05) is 38.1 Å². The number of aromatic amines is 1. The summed E-state index contributed by atoms with van der Waals surface area (Å²) in [5.41, 5.74) is 1.97. The molecule has 0 atom stereocenters.